The van der Waals surface area contributed by atoms with E-state index >= 15 is 0 Å². The van der Waals surface area contributed by atoms with Crippen molar-refractivity contribution in [3.8, 4) is 0 Å². The Labute approximate surface area is 118 Å². The van der Waals surface area contributed by atoms with Crippen molar-refractivity contribution in [1.82, 2.24) is 4.98 Å². The number of thiazole rings is 1. The second kappa shape index (κ2) is 7.46. The zero-order valence-electron chi connectivity index (χ0n) is 10.8. The molecule has 0 aliphatic carbocycles. The van der Waals surface area contributed by atoms with Crippen LogP contribution >= 0.6 is 11.3 Å². The number of methoxy groups -OCH3 is 1. The molecule has 20 heavy (non-hydrogen) atoms. The highest BCUT2D eigenvalue weighted by molar-refractivity contribution is 7.14. The largest absolute Gasteiger partial charge is 0.460 e. The van der Waals surface area contributed by atoms with Gasteiger partial charge in [0.1, 0.15) is 12.3 Å². The third kappa shape index (κ3) is 4.21. The minimum absolute atomic E-state index is 0.0344. The molecule has 0 aromatic carbocycles. The fourth-order valence-corrected chi connectivity index (χ4v) is 1.79. The molecule has 0 bridgehead atoms. The van der Waals surface area contributed by atoms with E-state index in [2.05, 4.69) is 19.8 Å². The topological polar surface area (TPSA) is 112 Å². The Morgan fingerprint density at radius 1 is 1.35 bits per heavy atom. The number of rotatable bonds is 7. The van der Waals surface area contributed by atoms with Gasteiger partial charge < -0.3 is 9.47 Å². The first-order chi connectivity index (χ1) is 9.49. The van der Waals surface area contributed by atoms with E-state index in [0.29, 0.717) is 0 Å². The normalized spacial score (nSPS) is 9.90. The number of anilines is 1. The summed E-state index contributed by atoms with van der Waals surface area (Å²) in [5, 5.41) is 3.53. The number of amides is 1. The van der Waals surface area contributed by atoms with E-state index in [1.165, 1.54) is 12.5 Å². The first kappa shape index (κ1) is 15.9. The van der Waals surface area contributed by atoms with Gasteiger partial charge in [-0.15, -0.1) is 11.3 Å². The average molecular weight is 300 g/mol. The van der Waals surface area contributed by atoms with Gasteiger partial charge in [-0.2, -0.15) is 0 Å². The number of Topliss-reactive ketones (excluding diaryl/α,β-unsaturated/α-hetero) is 2. The zero-order valence-corrected chi connectivity index (χ0v) is 11.6. The third-order valence-electron chi connectivity index (χ3n) is 1.95. The Morgan fingerprint density at radius 2 is 2.05 bits per heavy atom. The summed E-state index contributed by atoms with van der Waals surface area (Å²) in [6.45, 7) is 1.29. The van der Waals surface area contributed by atoms with Crippen LogP contribution in [0.2, 0.25) is 0 Å². The monoisotopic (exact) mass is 300 g/mol. The standard InChI is InChI=1S/C11H12N2O6S/c1-3-19-10(17)8(15)6-5-20-11(12-6)13-9(16)7(14)4-18-2/h5H,3-4H2,1-2H3,(H,12,13,16). The number of esters is 1. The lowest BCUT2D eigenvalue weighted by atomic mass is 10.3. The highest BCUT2D eigenvalue weighted by Gasteiger charge is 2.22. The van der Waals surface area contributed by atoms with Gasteiger partial charge in [0.15, 0.2) is 5.13 Å². The molecule has 0 saturated carbocycles. The van der Waals surface area contributed by atoms with Crippen molar-refractivity contribution >= 4 is 39.9 Å². The number of carbonyl (C=O) groups is 4. The summed E-state index contributed by atoms with van der Waals surface area (Å²) < 4.78 is 9.06. The van der Waals surface area contributed by atoms with E-state index in [9.17, 15) is 19.2 Å². The summed E-state index contributed by atoms with van der Waals surface area (Å²) in [6.07, 6.45) is 0. The molecule has 0 radical (unpaired) electrons. The van der Waals surface area contributed by atoms with Crippen molar-refractivity contribution in [2.24, 2.45) is 0 Å². The van der Waals surface area contributed by atoms with Gasteiger partial charge in [0.2, 0.25) is 5.78 Å². The quantitative estimate of drug-likeness (QED) is 0.430. The van der Waals surface area contributed by atoms with Crippen LogP contribution in [0.25, 0.3) is 0 Å². The predicted molar refractivity (Wildman–Crippen MR) is 68.6 cm³/mol. The van der Waals surface area contributed by atoms with Crippen LogP contribution in [0.4, 0.5) is 5.13 Å². The number of hydrogen-bond donors (Lipinski definition) is 1. The van der Waals surface area contributed by atoms with Crippen molar-refractivity contribution < 1.29 is 28.7 Å². The molecule has 0 aliphatic rings. The van der Waals surface area contributed by atoms with Crippen LogP contribution < -0.4 is 5.32 Å². The minimum atomic E-state index is -1.02. The predicted octanol–water partition coefficient (Wildman–Crippen LogP) is 0.0429. The molecule has 1 rings (SSSR count). The molecule has 1 heterocycles. The van der Waals surface area contributed by atoms with E-state index in [1.807, 2.05) is 0 Å². The third-order valence-corrected chi connectivity index (χ3v) is 2.70. The molecule has 9 heteroatoms. The average Bonchev–Trinajstić information content (AvgIpc) is 2.86. The number of nitrogens with one attached hydrogen (secondary N) is 1. The van der Waals surface area contributed by atoms with Crippen LogP contribution in [-0.2, 0) is 23.9 Å². The summed E-state index contributed by atoms with van der Waals surface area (Å²) in [6, 6.07) is 0. The lowest BCUT2D eigenvalue weighted by molar-refractivity contribution is -0.137. The Kier molecular flexibility index (Phi) is 5.94. The fourth-order valence-electron chi connectivity index (χ4n) is 1.10. The summed E-state index contributed by atoms with van der Waals surface area (Å²) in [5.74, 6) is -3.62. The minimum Gasteiger partial charge on any atom is -0.460 e. The first-order valence-corrected chi connectivity index (χ1v) is 6.37. The van der Waals surface area contributed by atoms with Crippen LogP contribution in [0.5, 0.6) is 0 Å². The van der Waals surface area contributed by atoms with Gasteiger partial charge in [-0.25, -0.2) is 9.78 Å². The molecule has 1 aromatic rings. The van der Waals surface area contributed by atoms with E-state index < -0.39 is 23.4 Å². The van der Waals surface area contributed by atoms with E-state index in [0.717, 1.165) is 11.3 Å². The zero-order chi connectivity index (χ0) is 15.1. The van der Waals surface area contributed by atoms with Gasteiger partial charge in [-0.05, 0) is 6.92 Å². The van der Waals surface area contributed by atoms with Crippen LogP contribution in [0.3, 0.4) is 0 Å². The van der Waals surface area contributed by atoms with Crippen LogP contribution in [0, 0.1) is 0 Å². The molecule has 1 amide bonds. The lowest BCUT2D eigenvalue weighted by Gasteiger charge is -1.99. The molecular weight excluding hydrogens is 288 g/mol. The second-order valence-electron chi connectivity index (χ2n) is 3.40. The number of carbonyl (C=O) groups excluding carboxylic acids is 4. The molecule has 0 unspecified atom stereocenters. The SMILES string of the molecule is CCOC(=O)C(=O)c1csc(NC(=O)C(=O)COC)n1. The molecule has 0 atom stereocenters. The summed E-state index contributed by atoms with van der Waals surface area (Å²) in [7, 11) is 1.28. The lowest BCUT2D eigenvalue weighted by Crippen LogP contribution is -2.26. The molecular formula is C11H12N2O6S. The summed E-state index contributed by atoms with van der Waals surface area (Å²) in [5.41, 5.74) is -0.150. The summed E-state index contributed by atoms with van der Waals surface area (Å²) in [4.78, 5) is 49.0. The molecule has 1 N–H and O–H groups in total. The maximum Gasteiger partial charge on any atom is 0.381 e. The van der Waals surface area contributed by atoms with Crippen molar-refractivity contribution in [1.29, 1.82) is 0 Å². The number of nitrogens with zero attached hydrogens (tertiary/aromatic N) is 1. The second-order valence-corrected chi connectivity index (χ2v) is 4.26. The number of ketones is 2. The summed E-state index contributed by atoms with van der Waals surface area (Å²) >= 11 is 0.912. The highest BCUT2D eigenvalue weighted by atomic mass is 32.1. The molecule has 1 aromatic heterocycles. The molecule has 8 nitrogen and oxygen atoms in total. The van der Waals surface area contributed by atoms with Gasteiger partial charge in [0.05, 0.1) is 6.61 Å². The van der Waals surface area contributed by atoms with Crippen LogP contribution in [0.1, 0.15) is 17.4 Å². The van der Waals surface area contributed by atoms with Crippen molar-refractivity contribution in [2.45, 2.75) is 6.92 Å². The fraction of sp³-hybridized carbons (Fsp3) is 0.364. The Balaban J connectivity index is 2.68. The van der Waals surface area contributed by atoms with Gasteiger partial charge in [0.25, 0.3) is 11.7 Å². The van der Waals surface area contributed by atoms with Gasteiger partial charge >= 0.3 is 5.97 Å². The van der Waals surface area contributed by atoms with E-state index in [1.54, 1.807) is 6.92 Å². The van der Waals surface area contributed by atoms with E-state index in [4.69, 9.17) is 0 Å². The molecule has 0 fully saturated rings. The van der Waals surface area contributed by atoms with Crippen LogP contribution in [0.15, 0.2) is 5.38 Å². The van der Waals surface area contributed by atoms with Gasteiger partial charge in [-0.1, -0.05) is 0 Å². The number of ether oxygens (including phenoxy) is 2. The first-order valence-electron chi connectivity index (χ1n) is 5.49. The molecule has 0 saturated heterocycles. The number of hydrogen-bond acceptors (Lipinski definition) is 8. The van der Waals surface area contributed by atoms with Crippen LogP contribution in [-0.4, -0.2) is 48.8 Å². The van der Waals surface area contributed by atoms with E-state index in [-0.39, 0.29) is 24.0 Å². The van der Waals surface area contributed by atoms with Gasteiger partial charge in [-0.3, -0.25) is 19.7 Å². The van der Waals surface area contributed by atoms with Crippen molar-refractivity contribution in [3.63, 3.8) is 0 Å². The smallest absolute Gasteiger partial charge is 0.381 e. The number of aromatic nitrogens is 1. The van der Waals surface area contributed by atoms with Crippen molar-refractivity contribution in [3.05, 3.63) is 11.1 Å². The molecule has 0 spiro atoms. The van der Waals surface area contributed by atoms with Crippen molar-refractivity contribution in [2.75, 3.05) is 25.6 Å². The Bertz CT molecular complexity index is 539. The maximum absolute atomic E-state index is 11.5. The highest BCUT2D eigenvalue weighted by Crippen LogP contribution is 2.16. The molecule has 108 valence electrons. The molecule has 0 aliphatic heterocycles. The Morgan fingerprint density at radius 3 is 2.65 bits per heavy atom. The maximum atomic E-state index is 11.5. The Hall–Kier alpha value is -2.13. The van der Waals surface area contributed by atoms with Gasteiger partial charge in [0, 0.05) is 12.5 Å².